The molecule has 1 atom stereocenters. The molecule has 0 saturated carbocycles. The van der Waals surface area contributed by atoms with Crippen LogP contribution in [0.25, 0.3) is 4.91 Å². The van der Waals surface area contributed by atoms with Gasteiger partial charge in [-0.2, -0.15) is 0 Å². The molecule has 1 aromatic rings. The van der Waals surface area contributed by atoms with Crippen molar-refractivity contribution in [2.24, 2.45) is 5.73 Å². The number of hydrogen-bond acceptors (Lipinski definition) is 6. The molecular formula is C21H29N3O6S. The molecule has 3 N–H and O–H groups in total. The average molecular weight is 452 g/mol. The van der Waals surface area contributed by atoms with Crippen molar-refractivity contribution in [3.63, 3.8) is 0 Å². The number of sulfonamides is 1. The van der Waals surface area contributed by atoms with Crippen LogP contribution in [-0.4, -0.2) is 47.8 Å². The maximum absolute atomic E-state index is 12.9. The van der Waals surface area contributed by atoms with Crippen molar-refractivity contribution in [1.82, 2.24) is 9.62 Å². The molecule has 0 aromatic heterocycles. The van der Waals surface area contributed by atoms with E-state index in [4.69, 9.17) is 10.5 Å². The van der Waals surface area contributed by atoms with Gasteiger partial charge in [-0.3, -0.25) is 9.59 Å². The van der Waals surface area contributed by atoms with Crippen LogP contribution in [0, 0.1) is 0 Å². The van der Waals surface area contributed by atoms with E-state index in [1.54, 1.807) is 65.8 Å². The predicted molar refractivity (Wildman–Crippen MR) is 116 cm³/mol. The molecule has 9 nitrogen and oxygen atoms in total. The fourth-order valence-corrected chi connectivity index (χ4v) is 4.99. The molecule has 1 aliphatic rings. The van der Waals surface area contributed by atoms with Crippen LogP contribution in [0.5, 0.6) is 0 Å². The summed E-state index contributed by atoms with van der Waals surface area (Å²) in [5, 5.41) is 2.44. The third kappa shape index (κ3) is 5.84. The van der Waals surface area contributed by atoms with Crippen LogP contribution in [0.15, 0.2) is 30.3 Å². The number of primary amides is 1. The lowest BCUT2D eigenvalue weighted by atomic mass is 10.0. The second-order valence-corrected chi connectivity index (χ2v) is 11.0. The number of rotatable bonds is 5. The van der Waals surface area contributed by atoms with Gasteiger partial charge in [-0.15, -0.1) is 0 Å². The first-order chi connectivity index (χ1) is 14.0. The highest BCUT2D eigenvalue weighted by molar-refractivity contribution is 7.99. The molecule has 1 aromatic carbocycles. The first kappa shape index (κ1) is 24.4. The van der Waals surface area contributed by atoms with Gasteiger partial charge in [0, 0.05) is 12.5 Å². The summed E-state index contributed by atoms with van der Waals surface area (Å²) in [7, 11) is -3.97. The molecule has 1 aliphatic heterocycles. The fourth-order valence-electron chi connectivity index (χ4n) is 3.10. The van der Waals surface area contributed by atoms with Crippen LogP contribution in [0.1, 0.15) is 52.7 Å². The molecule has 3 amide bonds. The first-order valence-electron chi connectivity index (χ1n) is 9.71. The van der Waals surface area contributed by atoms with E-state index in [-0.39, 0.29) is 11.3 Å². The highest BCUT2D eigenvalue weighted by Crippen LogP contribution is 2.35. The fraction of sp³-hybridized carbons (Fsp3) is 0.476. The molecule has 1 heterocycles. The molecule has 0 aliphatic carbocycles. The van der Waals surface area contributed by atoms with Crippen LogP contribution in [0.4, 0.5) is 4.79 Å². The van der Waals surface area contributed by atoms with Gasteiger partial charge in [0.05, 0.1) is 5.54 Å². The van der Waals surface area contributed by atoms with Crippen LogP contribution >= 0.6 is 0 Å². The van der Waals surface area contributed by atoms with Crippen LogP contribution < -0.4 is 11.1 Å². The van der Waals surface area contributed by atoms with E-state index in [2.05, 4.69) is 5.32 Å². The van der Waals surface area contributed by atoms with Crippen molar-refractivity contribution in [1.29, 1.82) is 0 Å². The van der Waals surface area contributed by atoms with Crippen molar-refractivity contribution in [2.75, 3.05) is 0 Å². The summed E-state index contributed by atoms with van der Waals surface area (Å²) >= 11 is 0. The lowest BCUT2D eigenvalue weighted by Crippen LogP contribution is -2.47. The Kier molecular flexibility index (Phi) is 6.56. The Morgan fingerprint density at radius 2 is 1.65 bits per heavy atom. The van der Waals surface area contributed by atoms with E-state index >= 15 is 0 Å². The SMILES string of the molecule is CC(C)(C)OC(=O)N[C@@H](Cc1ccc(C2=CC(=O)N(C(C)(C)C)S2(=O)=O)cc1)C(N)=O. The molecule has 0 unspecified atom stereocenters. The Bertz CT molecular complexity index is 1010. The van der Waals surface area contributed by atoms with Crippen molar-refractivity contribution < 1.29 is 27.5 Å². The predicted octanol–water partition coefficient (Wildman–Crippen LogP) is 1.92. The zero-order valence-corrected chi connectivity index (χ0v) is 19.4. The summed E-state index contributed by atoms with van der Waals surface area (Å²) < 4.78 is 31.7. The molecular weight excluding hydrogens is 422 g/mol. The largest absolute Gasteiger partial charge is 0.444 e. The summed E-state index contributed by atoms with van der Waals surface area (Å²) in [6, 6.07) is 5.31. The van der Waals surface area contributed by atoms with E-state index in [0.717, 1.165) is 10.4 Å². The minimum atomic E-state index is -3.97. The Balaban J connectivity index is 2.20. The van der Waals surface area contributed by atoms with Gasteiger partial charge in [0.2, 0.25) is 5.91 Å². The van der Waals surface area contributed by atoms with Crippen molar-refractivity contribution in [3.05, 3.63) is 41.5 Å². The van der Waals surface area contributed by atoms with Crippen molar-refractivity contribution in [2.45, 2.75) is 65.1 Å². The van der Waals surface area contributed by atoms with Crippen LogP contribution in [0.2, 0.25) is 0 Å². The summed E-state index contributed by atoms with van der Waals surface area (Å²) in [5.41, 5.74) is 4.75. The Hall–Kier alpha value is -2.88. The topological polar surface area (TPSA) is 136 Å². The van der Waals surface area contributed by atoms with E-state index in [1.807, 2.05) is 0 Å². The third-order valence-corrected chi connectivity index (χ3v) is 6.41. The Labute approximate surface area is 182 Å². The van der Waals surface area contributed by atoms with E-state index in [0.29, 0.717) is 11.1 Å². The van der Waals surface area contributed by atoms with Gasteiger partial charge in [-0.1, -0.05) is 24.3 Å². The second-order valence-electron chi connectivity index (χ2n) is 9.29. The number of carbonyl (C=O) groups is 3. The van der Waals surface area contributed by atoms with E-state index in [1.165, 1.54) is 0 Å². The lowest BCUT2D eigenvalue weighted by Gasteiger charge is -2.30. The molecule has 0 spiro atoms. The first-order valence-corrected chi connectivity index (χ1v) is 11.2. The Morgan fingerprint density at radius 1 is 1.10 bits per heavy atom. The number of benzene rings is 1. The molecule has 0 fully saturated rings. The van der Waals surface area contributed by atoms with Gasteiger partial charge >= 0.3 is 6.09 Å². The quantitative estimate of drug-likeness (QED) is 0.702. The number of alkyl carbamates (subject to hydrolysis) is 1. The molecule has 2 rings (SSSR count). The number of nitrogens with one attached hydrogen (secondary N) is 1. The molecule has 0 bridgehead atoms. The van der Waals surface area contributed by atoms with Crippen LogP contribution in [-0.2, 0) is 30.8 Å². The number of amides is 3. The van der Waals surface area contributed by atoms with Gasteiger partial charge in [0.1, 0.15) is 16.5 Å². The number of ether oxygens (including phenoxy) is 1. The normalized spacial score (nSPS) is 17.2. The Morgan fingerprint density at radius 3 is 2.06 bits per heavy atom. The standard InChI is InChI=1S/C21H29N3O6S/c1-20(2,3)24-17(25)12-16(31(24,28)29)14-9-7-13(8-10-14)11-15(18(22)26)23-19(27)30-21(4,5)6/h7-10,12,15H,11H2,1-6H3,(H2,22,26)(H,23,27)/t15-/m0/s1. The average Bonchev–Trinajstić information content (AvgIpc) is 2.81. The van der Waals surface area contributed by atoms with Crippen LogP contribution in [0.3, 0.4) is 0 Å². The lowest BCUT2D eigenvalue weighted by molar-refractivity contribution is -0.124. The maximum Gasteiger partial charge on any atom is 0.408 e. The molecule has 10 heteroatoms. The van der Waals surface area contributed by atoms with Gasteiger partial charge in [-0.25, -0.2) is 17.5 Å². The third-order valence-electron chi connectivity index (χ3n) is 4.29. The van der Waals surface area contributed by atoms with Gasteiger partial charge in [0.25, 0.3) is 15.9 Å². The summed E-state index contributed by atoms with van der Waals surface area (Å²) in [4.78, 5) is 35.9. The van der Waals surface area contributed by atoms with E-state index < -0.39 is 45.1 Å². The monoisotopic (exact) mass is 451 g/mol. The van der Waals surface area contributed by atoms with Crippen molar-refractivity contribution >= 4 is 32.8 Å². The highest BCUT2D eigenvalue weighted by atomic mass is 32.2. The van der Waals surface area contributed by atoms with Gasteiger partial charge in [0.15, 0.2) is 0 Å². The summed E-state index contributed by atoms with van der Waals surface area (Å²) in [6.45, 7) is 10.0. The summed E-state index contributed by atoms with van der Waals surface area (Å²) in [5.74, 6) is -1.33. The minimum absolute atomic E-state index is 0.0858. The minimum Gasteiger partial charge on any atom is -0.444 e. The molecule has 31 heavy (non-hydrogen) atoms. The second kappa shape index (κ2) is 8.33. The summed E-state index contributed by atoms with van der Waals surface area (Å²) in [6.07, 6.45) is 0.426. The molecule has 170 valence electrons. The van der Waals surface area contributed by atoms with Gasteiger partial charge in [-0.05, 0) is 52.7 Å². The molecule has 0 radical (unpaired) electrons. The zero-order valence-electron chi connectivity index (χ0n) is 18.6. The smallest absolute Gasteiger partial charge is 0.408 e. The van der Waals surface area contributed by atoms with Crippen molar-refractivity contribution in [3.8, 4) is 0 Å². The number of nitrogens with zero attached hydrogens (tertiary/aromatic N) is 1. The highest BCUT2D eigenvalue weighted by Gasteiger charge is 2.44. The maximum atomic E-state index is 12.9. The number of nitrogens with two attached hydrogens (primary N) is 1. The number of hydrogen-bond donors (Lipinski definition) is 2. The molecule has 0 saturated heterocycles. The van der Waals surface area contributed by atoms with E-state index in [9.17, 15) is 22.8 Å². The zero-order chi connectivity index (χ0) is 23.8. The van der Waals surface area contributed by atoms with Gasteiger partial charge < -0.3 is 15.8 Å². The number of carbonyl (C=O) groups excluding carboxylic acids is 3.